The van der Waals surface area contributed by atoms with Gasteiger partial charge in [0.2, 0.25) is 0 Å². The summed E-state index contributed by atoms with van der Waals surface area (Å²) >= 11 is 1.70. The van der Waals surface area contributed by atoms with Gasteiger partial charge in [-0.2, -0.15) is 0 Å². The van der Waals surface area contributed by atoms with Crippen LogP contribution in [-0.2, 0) is 11.3 Å². The average molecular weight is 297 g/mol. The summed E-state index contributed by atoms with van der Waals surface area (Å²) in [6.07, 6.45) is 1.34. The molecule has 6 heteroatoms. The van der Waals surface area contributed by atoms with E-state index >= 15 is 0 Å². The molecule has 0 atom stereocenters. The molecule has 1 fully saturated rings. The number of ether oxygens (including phenoxy) is 1. The third-order valence-electron chi connectivity index (χ3n) is 3.33. The standard InChI is InChI=1S/C14H23N3O2S/c1-2-15-13(16-10-12-4-3-9-20-12)17-11-14(18)5-7-19-8-6-14/h3-4,9,18H,2,5-8,10-11H2,1H3,(H2,15,16,17). The molecule has 0 unspecified atom stereocenters. The van der Waals surface area contributed by atoms with Crippen LogP contribution in [0.2, 0.25) is 0 Å². The highest BCUT2D eigenvalue weighted by Gasteiger charge is 2.29. The van der Waals surface area contributed by atoms with E-state index in [4.69, 9.17) is 4.74 Å². The van der Waals surface area contributed by atoms with E-state index in [0.29, 0.717) is 39.1 Å². The van der Waals surface area contributed by atoms with Gasteiger partial charge in [0, 0.05) is 44.0 Å². The molecule has 0 bridgehead atoms. The molecule has 3 N–H and O–H groups in total. The minimum Gasteiger partial charge on any atom is -0.388 e. The summed E-state index contributed by atoms with van der Waals surface area (Å²) in [6, 6.07) is 4.10. The van der Waals surface area contributed by atoms with Crippen molar-refractivity contribution in [2.24, 2.45) is 4.99 Å². The first-order chi connectivity index (χ1) is 9.72. The first-order valence-electron chi connectivity index (χ1n) is 7.06. The Bertz CT molecular complexity index is 414. The fourth-order valence-electron chi connectivity index (χ4n) is 2.08. The maximum absolute atomic E-state index is 10.4. The molecule has 1 saturated heterocycles. The van der Waals surface area contributed by atoms with Crippen molar-refractivity contribution in [1.29, 1.82) is 0 Å². The molecule has 0 aliphatic carbocycles. The van der Waals surface area contributed by atoms with Gasteiger partial charge in [0.1, 0.15) is 0 Å². The molecule has 0 spiro atoms. The van der Waals surface area contributed by atoms with Crippen LogP contribution in [0, 0.1) is 0 Å². The number of hydrogen-bond acceptors (Lipinski definition) is 4. The van der Waals surface area contributed by atoms with Gasteiger partial charge in [-0.25, -0.2) is 4.99 Å². The predicted molar refractivity (Wildman–Crippen MR) is 82.1 cm³/mol. The van der Waals surface area contributed by atoms with E-state index in [1.807, 2.05) is 13.0 Å². The zero-order valence-corrected chi connectivity index (χ0v) is 12.7. The molecule has 0 amide bonds. The highest BCUT2D eigenvalue weighted by Crippen LogP contribution is 2.19. The molecule has 0 aromatic carbocycles. The number of rotatable bonds is 5. The molecule has 5 nitrogen and oxygen atoms in total. The van der Waals surface area contributed by atoms with E-state index in [-0.39, 0.29) is 0 Å². The smallest absolute Gasteiger partial charge is 0.191 e. The van der Waals surface area contributed by atoms with Crippen molar-refractivity contribution in [1.82, 2.24) is 10.6 Å². The first-order valence-corrected chi connectivity index (χ1v) is 7.94. The Morgan fingerprint density at radius 1 is 1.45 bits per heavy atom. The van der Waals surface area contributed by atoms with Gasteiger partial charge >= 0.3 is 0 Å². The first kappa shape index (κ1) is 15.3. The van der Waals surface area contributed by atoms with Crippen LogP contribution in [-0.4, -0.2) is 43.0 Å². The SMILES string of the molecule is CCNC(=NCc1cccs1)NCC1(O)CCOCC1. The van der Waals surface area contributed by atoms with Gasteiger partial charge < -0.3 is 20.5 Å². The molecule has 0 saturated carbocycles. The van der Waals surface area contributed by atoms with Crippen LogP contribution in [0.15, 0.2) is 22.5 Å². The van der Waals surface area contributed by atoms with Gasteiger partial charge in [-0.05, 0) is 18.4 Å². The third kappa shape index (κ3) is 4.77. The van der Waals surface area contributed by atoms with E-state index in [2.05, 4.69) is 27.1 Å². The lowest BCUT2D eigenvalue weighted by Crippen LogP contribution is -2.49. The van der Waals surface area contributed by atoms with Gasteiger partial charge in [-0.1, -0.05) is 6.07 Å². The van der Waals surface area contributed by atoms with Gasteiger partial charge in [-0.3, -0.25) is 0 Å². The maximum Gasteiger partial charge on any atom is 0.191 e. The lowest BCUT2D eigenvalue weighted by molar-refractivity contribution is -0.0594. The Kier molecular flexibility index (Phi) is 5.82. The van der Waals surface area contributed by atoms with Crippen molar-refractivity contribution in [3.63, 3.8) is 0 Å². The third-order valence-corrected chi connectivity index (χ3v) is 4.19. The Morgan fingerprint density at radius 2 is 2.25 bits per heavy atom. The number of thiophene rings is 1. The minimum absolute atomic E-state index is 0.507. The quantitative estimate of drug-likeness (QED) is 0.567. The predicted octanol–water partition coefficient (Wildman–Crippen LogP) is 1.34. The molecule has 1 aromatic heterocycles. The fourth-order valence-corrected chi connectivity index (χ4v) is 2.71. The molecule has 1 aromatic rings. The normalized spacial score (nSPS) is 18.8. The highest BCUT2D eigenvalue weighted by atomic mass is 32.1. The second-order valence-electron chi connectivity index (χ2n) is 4.96. The average Bonchev–Trinajstić information content (AvgIpc) is 2.96. The monoisotopic (exact) mass is 297 g/mol. The topological polar surface area (TPSA) is 65.9 Å². The Hall–Kier alpha value is -1.11. The number of nitrogens with zero attached hydrogens (tertiary/aromatic N) is 1. The summed E-state index contributed by atoms with van der Waals surface area (Å²) < 4.78 is 5.28. The second kappa shape index (κ2) is 7.61. The molecular formula is C14H23N3O2S. The van der Waals surface area contributed by atoms with Crippen LogP contribution >= 0.6 is 11.3 Å². The van der Waals surface area contributed by atoms with Crippen LogP contribution in [0.3, 0.4) is 0 Å². The summed E-state index contributed by atoms with van der Waals surface area (Å²) in [5.74, 6) is 0.751. The number of nitrogens with one attached hydrogen (secondary N) is 2. The van der Waals surface area contributed by atoms with Crippen molar-refractivity contribution in [3.05, 3.63) is 22.4 Å². The van der Waals surface area contributed by atoms with Crippen LogP contribution < -0.4 is 10.6 Å². The minimum atomic E-state index is -0.683. The molecule has 1 aliphatic heterocycles. The van der Waals surface area contributed by atoms with Gasteiger partial charge in [0.15, 0.2) is 5.96 Å². The zero-order chi connectivity index (χ0) is 14.3. The maximum atomic E-state index is 10.4. The number of guanidine groups is 1. The van der Waals surface area contributed by atoms with Crippen molar-refractivity contribution in [2.45, 2.75) is 31.9 Å². The van der Waals surface area contributed by atoms with Crippen molar-refractivity contribution in [2.75, 3.05) is 26.3 Å². The summed E-state index contributed by atoms with van der Waals surface area (Å²) in [6.45, 7) is 5.26. The summed E-state index contributed by atoms with van der Waals surface area (Å²) in [5.41, 5.74) is -0.683. The Balaban J connectivity index is 1.86. The fraction of sp³-hybridized carbons (Fsp3) is 0.643. The van der Waals surface area contributed by atoms with E-state index in [9.17, 15) is 5.11 Å². The molecule has 112 valence electrons. The number of aliphatic hydroxyl groups is 1. The van der Waals surface area contributed by atoms with Crippen molar-refractivity contribution >= 4 is 17.3 Å². The summed E-state index contributed by atoms with van der Waals surface area (Å²) in [7, 11) is 0. The largest absolute Gasteiger partial charge is 0.388 e. The Labute approximate surface area is 124 Å². The van der Waals surface area contributed by atoms with Gasteiger partial charge in [-0.15, -0.1) is 11.3 Å². The highest BCUT2D eigenvalue weighted by molar-refractivity contribution is 7.09. The second-order valence-corrected chi connectivity index (χ2v) is 6.00. The van der Waals surface area contributed by atoms with Gasteiger partial charge in [0.05, 0.1) is 12.1 Å². The lowest BCUT2D eigenvalue weighted by atomic mass is 9.94. The van der Waals surface area contributed by atoms with E-state index < -0.39 is 5.60 Å². The van der Waals surface area contributed by atoms with Crippen LogP contribution in [0.1, 0.15) is 24.6 Å². The van der Waals surface area contributed by atoms with Crippen molar-refractivity contribution < 1.29 is 9.84 Å². The zero-order valence-electron chi connectivity index (χ0n) is 11.9. The molecule has 2 rings (SSSR count). The Morgan fingerprint density at radius 3 is 2.90 bits per heavy atom. The molecule has 0 radical (unpaired) electrons. The molecule has 1 aliphatic rings. The van der Waals surface area contributed by atoms with Crippen molar-refractivity contribution in [3.8, 4) is 0 Å². The van der Waals surface area contributed by atoms with Crippen LogP contribution in [0.5, 0.6) is 0 Å². The molecule has 2 heterocycles. The van der Waals surface area contributed by atoms with Crippen LogP contribution in [0.25, 0.3) is 0 Å². The number of aliphatic imine (C=N–C) groups is 1. The lowest BCUT2D eigenvalue weighted by Gasteiger charge is -2.32. The van der Waals surface area contributed by atoms with E-state index in [1.54, 1.807) is 11.3 Å². The number of hydrogen-bond donors (Lipinski definition) is 3. The van der Waals surface area contributed by atoms with Crippen LogP contribution in [0.4, 0.5) is 0 Å². The summed E-state index contributed by atoms with van der Waals surface area (Å²) in [4.78, 5) is 5.76. The van der Waals surface area contributed by atoms with E-state index in [0.717, 1.165) is 12.5 Å². The molecular weight excluding hydrogens is 274 g/mol. The van der Waals surface area contributed by atoms with E-state index in [1.165, 1.54) is 4.88 Å². The summed E-state index contributed by atoms with van der Waals surface area (Å²) in [5, 5.41) is 18.9. The molecule has 20 heavy (non-hydrogen) atoms. The van der Waals surface area contributed by atoms with Gasteiger partial charge in [0.25, 0.3) is 0 Å².